The van der Waals surface area contributed by atoms with E-state index < -0.39 is 11.6 Å². The standard InChI is InChI=1S/C29H21Cl2N7O3/c1-17-33-22-9-8-20(13-26(22)41-17)34-29(40)25(11-18-5-3-2-4-6-18)37-16-32-23(14-28(37)39)21-12-19(30)7-10-24(21)38-15-27(31)35-36-38/h2-10,12-16,25H,11H2,1H3,(H,34,40)/t25-/m0/s1. The van der Waals surface area contributed by atoms with Crippen LogP contribution in [0.5, 0.6) is 0 Å². The van der Waals surface area contributed by atoms with Gasteiger partial charge in [-0.3, -0.25) is 14.2 Å². The molecule has 3 aromatic heterocycles. The molecule has 0 unspecified atom stereocenters. The number of anilines is 1. The van der Waals surface area contributed by atoms with Crippen molar-refractivity contribution < 1.29 is 9.21 Å². The maximum absolute atomic E-state index is 13.7. The normalized spacial score (nSPS) is 12.0. The van der Waals surface area contributed by atoms with E-state index in [-0.39, 0.29) is 17.5 Å². The first-order valence-electron chi connectivity index (χ1n) is 12.5. The van der Waals surface area contributed by atoms with Gasteiger partial charge in [-0.25, -0.2) is 14.6 Å². The molecule has 0 aliphatic carbocycles. The smallest absolute Gasteiger partial charge is 0.254 e. The maximum atomic E-state index is 13.7. The fraction of sp³-hybridized carbons (Fsp3) is 0.103. The minimum Gasteiger partial charge on any atom is -0.441 e. The molecule has 10 nitrogen and oxygen atoms in total. The Morgan fingerprint density at radius 1 is 1.05 bits per heavy atom. The van der Waals surface area contributed by atoms with E-state index >= 15 is 0 Å². The number of rotatable bonds is 7. The molecule has 204 valence electrons. The van der Waals surface area contributed by atoms with Crippen molar-refractivity contribution in [1.82, 2.24) is 29.5 Å². The summed E-state index contributed by atoms with van der Waals surface area (Å²) in [6.45, 7) is 1.75. The second kappa shape index (κ2) is 11.0. The summed E-state index contributed by atoms with van der Waals surface area (Å²) in [6.07, 6.45) is 3.16. The number of aryl methyl sites for hydroxylation is 1. The number of carbonyl (C=O) groups is 1. The van der Waals surface area contributed by atoms with Crippen LogP contribution in [0.1, 0.15) is 17.5 Å². The lowest BCUT2D eigenvalue weighted by atomic mass is 10.0. The van der Waals surface area contributed by atoms with Crippen LogP contribution in [-0.4, -0.2) is 35.4 Å². The van der Waals surface area contributed by atoms with E-state index in [4.69, 9.17) is 27.6 Å². The second-order valence-electron chi connectivity index (χ2n) is 9.28. The molecule has 6 aromatic rings. The summed E-state index contributed by atoms with van der Waals surface area (Å²) in [5, 5.41) is 11.4. The number of oxazole rings is 1. The molecule has 0 radical (unpaired) electrons. The van der Waals surface area contributed by atoms with Gasteiger partial charge in [0.1, 0.15) is 11.6 Å². The van der Waals surface area contributed by atoms with Crippen molar-refractivity contribution in [3.05, 3.63) is 117 Å². The first-order valence-corrected chi connectivity index (χ1v) is 13.3. The number of fused-ring (bicyclic) bond motifs is 1. The molecule has 1 amide bonds. The Kier molecular flexibility index (Phi) is 7.08. The van der Waals surface area contributed by atoms with Gasteiger partial charge >= 0.3 is 0 Å². The topological polar surface area (TPSA) is 121 Å². The minimum absolute atomic E-state index is 0.210. The van der Waals surface area contributed by atoms with Crippen molar-refractivity contribution in [3.8, 4) is 16.9 Å². The Balaban J connectivity index is 1.37. The van der Waals surface area contributed by atoms with Crippen LogP contribution in [0.25, 0.3) is 28.0 Å². The lowest BCUT2D eigenvalue weighted by Crippen LogP contribution is -2.34. The van der Waals surface area contributed by atoms with Crippen LogP contribution in [0.15, 0.2) is 94.5 Å². The van der Waals surface area contributed by atoms with Crippen LogP contribution in [0, 0.1) is 6.92 Å². The molecule has 0 saturated heterocycles. The largest absolute Gasteiger partial charge is 0.441 e. The Hall–Kier alpha value is -4.80. The van der Waals surface area contributed by atoms with Crippen molar-refractivity contribution in [2.75, 3.05) is 5.32 Å². The Morgan fingerprint density at radius 2 is 1.88 bits per heavy atom. The summed E-state index contributed by atoms with van der Waals surface area (Å²) in [5.74, 6) is 0.139. The highest BCUT2D eigenvalue weighted by Gasteiger charge is 2.24. The molecule has 0 bridgehead atoms. The summed E-state index contributed by atoms with van der Waals surface area (Å²) < 4.78 is 8.39. The first-order chi connectivity index (χ1) is 19.8. The molecule has 0 spiro atoms. The molecule has 0 aliphatic heterocycles. The molecule has 1 atom stereocenters. The van der Waals surface area contributed by atoms with Crippen LogP contribution in [0.2, 0.25) is 10.2 Å². The number of amides is 1. The van der Waals surface area contributed by atoms with Gasteiger partial charge in [0.15, 0.2) is 16.6 Å². The van der Waals surface area contributed by atoms with Gasteiger partial charge in [0.25, 0.3) is 5.56 Å². The van der Waals surface area contributed by atoms with E-state index in [1.165, 1.54) is 27.8 Å². The van der Waals surface area contributed by atoms with Gasteiger partial charge in [-0.15, -0.1) is 5.10 Å². The Labute approximate surface area is 243 Å². The van der Waals surface area contributed by atoms with Crippen LogP contribution in [-0.2, 0) is 11.2 Å². The van der Waals surface area contributed by atoms with Crippen LogP contribution in [0.4, 0.5) is 5.69 Å². The zero-order valence-electron chi connectivity index (χ0n) is 21.5. The molecule has 6 rings (SSSR count). The Bertz CT molecular complexity index is 1950. The molecule has 3 heterocycles. The zero-order chi connectivity index (χ0) is 28.5. The highest BCUT2D eigenvalue weighted by molar-refractivity contribution is 6.31. The van der Waals surface area contributed by atoms with E-state index in [1.807, 2.05) is 30.3 Å². The molecular formula is C29H21Cl2N7O3. The average Bonchev–Trinajstić information content (AvgIpc) is 3.56. The van der Waals surface area contributed by atoms with Gasteiger partial charge in [-0.2, -0.15) is 0 Å². The fourth-order valence-electron chi connectivity index (χ4n) is 4.56. The molecule has 0 fully saturated rings. The lowest BCUT2D eigenvalue weighted by Gasteiger charge is -2.20. The highest BCUT2D eigenvalue weighted by atomic mass is 35.5. The van der Waals surface area contributed by atoms with Crippen molar-refractivity contribution in [2.24, 2.45) is 0 Å². The number of carbonyl (C=O) groups excluding carboxylic acids is 1. The van der Waals surface area contributed by atoms with E-state index in [1.54, 1.807) is 43.3 Å². The zero-order valence-corrected chi connectivity index (χ0v) is 23.0. The van der Waals surface area contributed by atoms with Crippen LogP contribution in [0.3, 0.4) is 0 Å². The third-order valence-electron chi connectivity index (χ3n) is 6.46. The maximum Gasteiger partial charge on any atom is 0.254 e. The average molecular weight is 586 g/mol. The monoisotopic (exact) mass is 585 g/mol. The number of halogens is 2. The number of nitrogens with zero attached hydrogens (tertiary/aromatic N) is 6. The third kappa shape index (κ3) is 5.60. The van der Waals surface area contributed by atoms with Gasteiger partial charge in [-0.05, 0) is 35.9 Å². The molecule has 41 heavy (non-hydrogen) atoms. The summed E-state index contributed by atoms with van der Waals surface area (Å²) in [5.41, 5.74) is 3.68. The SMILES string of the molecule is Cc1nc2ccc(NC(=O)[C@H](Cc3ccccc3)n3cnc(-c4cc(Cl)ccc4-n4cc(Cl)nn4)cc3=O)cc2o1. The number of nitrogens with one attached hydrogen (secondary N) is 1. The molecule has 1 N–H and O–H groups in total. The number of hydrogen-bond donors (Lipinski definition) is 1. The first kappa shape index (κ1) is 26.4. The van der Waals surface area contributed by atoms with Gasteiger partial charge in [0.2, 0.25) is 5.91 Å². The van der Waals surface area contributed by atoms with Crippen LogP contribution < -0.4 is 10.9 Å². The summed E-state index contributed by atoms with van der Waals surface area (Å²) >= 11 is 12.3. The molecular weight excluding hydrogens is 565 g/mol. The van der Waals surface area contributed by atoms with Crippen molar-refractivity contribution in [1.29, 1.82) is 0 Å². The van der Waals surface area contributed by atoms with E-state index in [0.29, 0.717) is 44.6 Å². The highest BCUT2D eigenvalue weighted by Crippen LogP contribution is 2.28. The van der Waals surface area contributed by atoms with E-state index in [9.17, 15) is 9.59 Å². The molecule has 0 aliphatic rings. The van der Waals surface area contributed by atoms with Gasteiger partial charge < -0.3 is 9.73 Å². The van der Waals surface area contributed by atoms with Crippen LogP contribution >= 0.6 is 23.2 Å². The quantitative estimate of drug-likeness (QED) is 0.256. The predicted molar refractivity (Wildman–Crippen MR) is 155 cm³/mol. The fourth-order valence-corrected chi connectivity index (χ4v) is 4.86. The molecule has 3 aromatic carbocycles. The van der Waals surface area contributed by atoms with Crippen molar-refractivity contribution >= 4 is 45.9 Å². The Morgan fingerprint density at radius 3 is 2.63 bits per heavy atom. The summed E-state index contributed by atoms with van der Waals surface area (Å²) in [4.78, 5) is 36.0. The number of hydrogen-bond acceptors (Lipinski definition) is 7. The minimum atomic E-state index is -0.897. The summed E-state index contributed by atoms with van der Waals surface area (Å²) in [7, 11) is 0. The lowest BCUT2D eigenvalue weighted by molar-refractivity contribution is -0.119. The molecule has 12 heteroatoms. The third-order valence-corrected chi connectivity index (χ3v) is 6.86. The van der Waals surface area contributed by atoms with E-state index in [0.717, 1.165) is 5.56 Å². The summed E-state index contributed by atoms with van der Waals surface area (Å²) in [6, 6.07) is 20.2. The van der Waals surface area contributed by atoms with E-state index in [2.05, 4.69) is 25.6 Å². The number of benzene rings is 3. The molecule has 0 saturated carbocycles. The van der Waals surface area contributed by atoms with Gasteiger partial charge in [0.05, 0.1) is 23.9 Å². The van der Waals surface area contributed by atoms with Gasteiger partial charge in [-0.1, -0.05) is 58.7 Å². The predicted octanol–water partition coefficient (Wildman–Crippen LogP) is 5.67. The van der Waals surface area contributed by atoms with Crippen molar-refractivity contribution in [2.45, 2.75) is 19.4 Å². The van der Waals surface area contributed by atoms with Gasteiger partial charge in [0, 0.05) is 41.8 Å². The van der Waals surface area contributed by atoms with Crippen molar-refractivity contribution in [3.63, 3.8) is 0 Å². The second-order valence-corrected chi connectivity index (χ2v) is 10.1. The number of aromatic nitrogens is 6.